The summed E-state index contributed by atoms with van der Waals surface area (Å²) in [5, 5.41) is 0. The summed E-state index contributed by atoms with van der Waals surface area (Å²) in [7, 11) is 0. The van der Waals surface area contributed by atoms with E-state index in [0.717, 1.165) is 37.9 Å². The van der Waals surface area contributed by atoms with E-state index >= 15 is 0 Å². The highest BCUT2D eigenvalue weighted by atomic mass is 15.1. The lowest BCUT2D eigenvalue weighted by molar-refractivity contribution is 0.601. The Morgan fingerprint density at radius 2 is 1.95 bits per heavy atom. The zero-order valence-electron chi connectivity index (χ0n) is 12.9. The Balaban J connectivity index is 2.12. The number of benzene rings is 1. The van der Waals surface area contributed by atoms with Crippen LogP contribution in [0.1, 0.15) is 50.4 Å². The Kier molecular flexibility index (Phi) is 5.60. The lowest BCUT2D eigenvalue weighted by Gasteiger charge is -2.07. The summed E-state index contributed by atoms with van der Waals surface area (Å²) < 4.78 is 2.40. The van der Waals surface area contributed by atoms with Gasteiger partial charge in [0.05, 0.1) is 11.0 Å². The van der Waals surface area contributed by atoms with E-state index in [4.69, 9.17) is 10.7 Å². The van der Waals surface area contributed by atoms with Gasteiger partial charge in [-0.25, -0.2) is 4.98 Å². The van der Waals surface area contributed by atoms with Gasteiger partial charge in [0.25, 0.3) is 0 Å². The Morgan fingerprint density at radius 3 is 2.70 bits per heavy atom. The van der Waals surface area contributed by atoms with Gasteiger partial charge in [0.2, 0.25) is 0 Å². The number of hydrogen-bond acceptors (Lipinski definition) is 2. The molecule has 0 amide bonds. The van der Waals surface area contributed by atoms with Gasteiger partial charge in [-0.2, -0.15) is 0 Å². The molecule has 0 unspecified atom stereocenters. The summed E-state index contributed by atoms with van der Waals surface area (Å²) in [6.45, 7) is 6.24. The molecular weight excluding hydrogens is 246 g/mol. The maximum Gasteiger partial charge on any atom is 0.109 e. The second kappa shape index (κ2) is 7.44. The van der Waals surface area contributed by atoms with Crippen molar-refractivity contribution in [3.05, 3.63) is 29.6 Å². The largest absolute Gasteiger partial charge is 0.330 e. The summed E-state index contributed by atoms with van der Waals surface area (Å²) in [4.78, 5) is 4.85. The second-order valence-electron chi connectivity index (χ2n) is 5.62. The van der Waals surface area contributed by atoms with Crippen LogP contribution in [-0.2, 0) is 13.0 Å². The molecule has 1 aromatic heterocycles. The van der Waals surface area contributed by atoms with E-state index in [1.165, 1.54) is 36.2 Å². The Morgan fingerprint density at radius 1 is 1.15 bits per heavy atom. The smallest absolute Gasteiger partial charge is 0.109 e. The SMILES string of the molecule is CCCn1c(CCCCCCN)nc2cc(C)ccc21. The highest BCUT2D eigenvalue weighted by Crippen LogP contribution is 2.20. The first-order valence-corrected chi connectivity index (χ1v) is 7.92. The van der Waals surface area contributed by atoms with Crippen LogP contribution in [0.5, 0.6) is 0 Å². The van der Waals surface area contributed by atoms with Crippen molar-refractivity contribution in [1.29, 1.82) is 0 Å². The van der Waals surface area contributed by atoms with E-state index in [-0.39, 0.29) is 0 Å². The molecule has 3 heteroatoms. The molecule has 1 heterocycles. The summed E-state index contributed by atoms with van der Waals surface area (Å²) in [5.74, 6) is 1.25. The van der Waals surface area contributed by atoms with E-state index in [1.807, 2.05) is 0 Å². The second-order valence-corrected chi connectivity index (χ2v) is 5.62. The molecule has 20 heavy (non-hydrogen) atoms. The van der Waals surface area contributed by atoms with E-state index in [1.54, 1.807) is 0 Å². The van der Waals surface area contributed by atoms with E-state index in [9.17, 15) is 0 Å². The van der Waals surface area contributed by atoms with Crippen LogP contribution in [0.4, 0.5) is 0 Å². The van der Waals surface area contributed by atoms with Crippen molar-refractivity contribution < 1.29 is 0 Å². The molecule has 0 fully saturated rings. The standard InChI is InChI=1S/C17H27N3/c1-3-12-20-16-10-9-14(2)13-15(16)19-17(20)8-6-4-5-7-11-18/h9-10,13H,3-8,11-12,18H2,1-2H3. The predicted octanol–water partition coefficient (Wildman–Crippen LogP) is 3.82. The molecule has 0 saturated heterocycles. The van der Waals surface area contributed by atoms with Crippen molar-refractivity contribution >= 4 is 11.0 Å². The Hall–Kier alpha value is -1.35. The van der Waals surface area contributed by atoms with Gasteiger partial charge in [0, 0.05) is 13.0 Å². The van der Waals surface area contributed by atoms with Crippen LogP contribution in [0, 0.1) is 6.92 Å². The maximum absolute atomic E-state index is 5.53. The van der Waals surface area contributed by atoms with Crippen LogP contribution >= 0.6 is 0 Å². The molecule has 1 aromatic carbocycles. The molecule has 0 saturated carbocycles. The first-order valence-electron chi connectivity index (χ1n) is 7.92. The van der Waals surface area contributed by atoms with Crippen molar-refractivity contribution in [1.82, 2.24) is 9.55 Å². The molecule has 0 atom stereocenters. The molecule has 0 radical (unpaired) electrons. The van der Waals surface area contributed by atoms with E-state index < -0.39 is 0 Å². The van der Waals surface area contributed by atoms with Gasteiger partial charge in [0.1, 0.15) is 5.82 Å². The van der Waals surface area contributed by atoms with Gasteiger partial charge in [0.15, 0.2) is 0 Å². The zero-order valence-corrected chi connectivity index (χ0v) is 12.9. The first kappa shape index (κ1) is 15.0. The first-order chi connectivity index (χ1) is 9.76. The molecule has 3 nitrogen and oxygen atoms in total. The minimum atomic E-state index is 0.813. The number of nitrogens with two attached hydrogens (primary N) is 1. The van der Waals surface area contributed by atoms with Gasteiger partial charge in [-0.3, -0.25) is 0 Å². The van der Waals surface area contributed by atoms with Crippen molar-refractivity contribution in [2.24, 2.45) is 5.73 Å². The maximum atomic E-state index is 5.53. The quantitative estimate of drug-likeness (QED) is 0.743. The predicted molar refractivity (Wildman–Crippen MR) is 86.0 cm³/mol. The Bertz CT molecular complexity index is 542. The van der Waals surface area contributed by atoms with Crippen molar-refractivity contribution in [2.75, 3.05) is 6.54 Å². The van der Waals surface area contributed by atoms with Crippen LogP contribution in [0.25, 0.3) is 11.0 Å². The fraction of sp³-hybridized carbons (Fsp3) is 0.588. The number of unbranched alkanes of at least 4 members (excludes halogenated alkanes) is 3. The van der Waals surface area contributed by atoms with Gasteiger partial charge >= 0.3 is 0 Å². The molecule has 0 aliphatic heterocycles. The van der Waals surface area contributed by atoms with Crippen LogP contribution in [0.15, 0.2) is 18.2 Å². The molecule has 110 valence electrons. The molecule has 2 aromatic rings. The summed E-state index contributed by atoms with van der Waals surface area (Å²) >= 11 is 0. The van der Waals surface area contributed by atoms with Crippen molar-refractivity contribution in [3.8, 4) is 0 Å². The van der Waals surface area contributed by atoms with Crippen LogP contribution in [0.2, 0.25) is 0 Å². The normalized spacial score (nSPS) is 11.3. The van der Waals surface area contributed by atoms with E-state index in [2.05, 4.69) is 36.6 Å². The number of nitrogens with zero attached hydrogens (tertiary/aromatic N) is 2. The molecule has 0 bridgehead atoms. The van der Waals surface area contributed by atoms with Crippen LogP contribution < -0.4 is 5.73 Å². The lowest BCUT2D eigenvalue weighted by Crippen LogP contribution is -2.04. The number of aromatic nitrogens is 2. The third kappa shape index (κ3) is 3.60. The third-order valence-electron chi connectivity index (χ3n) is 3.78. The number of imidazole rings is 1. The molecular formula is C17H27N3. The number of rotatable bonds is 8. The van der Waals surface area contributed by atoms with Gasteiger partial charge < -0.3 is 10.3 Å². The third-order valence-corrected chi connectivity index (χ3v) is 3.78. The van der Waals surface area contributed by atoms with Crippen LogP contribution in [0.3, 0.4) is 0 Å². The number of hydrogen-bond donors (Lipinski definition) is 1. The molecule has 0 spiro atoms. The minimum absolute atomic E-state index is 0.813. The van der Waals surface area contributed by atoms with Gasteiger partial charge in [-0.1, -0.05) is 25.8 Å². The van der Waals surface area contributed by atoms with Gasteiger partial charge in [-0.05, 0) is 50.4 Å². The highest BCUT2D eigenvalue weighted by Gasteiger charge is 2.09. The fourth-order valence-corrected chi connectivity index (χ4v) is 2.73. The number of aryl methyl sites for hydroxylation is 3. The van der Waals surface area contributed by atoms with Gasteiger partial charge in [-0.15, -0.1) is 0 Å². The lowest BCUT2D eigenvalue weighted by atomic mass is 10.1. The summed E-state index contributed by atoms with van der Waals surface area (Å²) in [6, 6.07) is 6.59. The topological polar surface area (TPSA) is 43.8 Å². The molecule has 0 aliphatic rings. The molecule has 2 N–H and O–H groups in total. The fourth-order valence-electron chi connectivity index (χ4n) is 2.73. The van der Waals surface area contributed by atoms with Crippen LogP contribution in [-0.4, -0.2) is 16.1 Å². The Labute approximate surface area is 122 Å². The minimum Gasteiger partial charge on any atom is -0.330 e. The zero-order chi connectivity index (χ0) is 14.4. The number of fused-ring (bicyclic) bond motifs is 1. The molecule has 0 aliphatic carbocycles. The molecule has 2 rings (SSSR count). The monoisotopic (exact) mass is 273 g/mol. The highest BCUT2D eigenvalue weighted by molar-refractivity contribution is 5.76. The summed E-state index contributed by atoms with van der Waals surface area (Å²) in [6.07, 6.45) is 7.09. The summed E-state index contributed by atoms with van der Waals surface area (Å²) in [5.41, 5.74) is 9.25. The van der Waals surface area contributed by atoms with E-state index in [0.29, 0.717) is 0 Å². The van der Waals surface area contributed by atoms with Crippen molar-refractivity contribution in [3.63, 3.8) is 0 Å². The average molecular weight is 273 g/mol. The van der Waals surface area contributed by atoms with Crippen molar-refractivity contribution in [2.45, 2.75) is 58.9 Å². The average Bonchev–Trinajstić information content (AvgIpc) is 2.76.